The maximum absolute atomic E-state index is 12.8. The molecule has 0 aliphatic carbocycles. The van der Waals surface area contributed by atoms with Crippen LogP contribution in [0.5, 0.6) is 0 Å². The average molecular weight is 928 g/mol. The number of carbonyl (C=O) groups is 3. The molecule has 1 atom stereocenters. The van der Waals surface area contributed by atoms with E-state index in [2.05, 4.69) is 57.2 Å². The van der Waals surface area contributed by atoms with Gasteiger partial charge in [0.05, 0.1) is 0 Å². The Labute approximate surface area is 410 Å². The molecule has 0 rings (SSSR count). The minimum Gasteiger partial charge on any atom is -0.462 e. The minimum atomic E-state index is -0.773. The Kier molecular flexibility index (Phi) is 53.2. The van der Waals surface area contributed by atoms with E-state index in [-0.39, 0.29) is 31.1 Å². The van der Waals surface area contributed by atoms with E-state index < -0.39 is 6.10 Å². The summed E-state index contributed by atoms with van der Waals surface area (Å²) in [6.45, 7) is 6.64. The van der Waals surface area contributed by atoms with Crippen molar-refractivity contribution >= 4 is 17.9 Å². The third-order valence-electron chi connectivity index (χ3n) is 12.9. The van der Waals surface area contributed by atoms with Gasteiger partial charge in [-0.3, -0.25) is 14.4 Å². The predicted molar refractivity (Wildman–Crippen MR) is 284 cm³/mol. The molecule has 0 aromatic carbocycles. The lowest BCUT2D eigenvalue weighted by molar-refractivity contribution is -0.167. The van der Waals surface area contributed by atoms with E-state index in [9.17, 15) is 14.4 Å². The van der Waals surface area contributed by atoms with Gasteiger partial charge in [0, 0.05) is 19.3 Å². The van der Waals surface area contributed by atoms with Gasteiger partial charge in [-0.25, -0.2) is 0 Å². The maximum Gasteiger partial charge on any atom is 0.306 e. The first kappa shape index (κ1) is 63.6. The van der Waals surface area contributed by atoms with Crippen molar-refractivity contribution in [2.75, 3.05) is 13.2 Å². The molecule has 6 nitrogen and oxygen atoms in total. The van der Waals surface area contributed by atoms with Gasteiger partial charge in [0.1, 0.15) is 13.2 Å². The lowest BCUT2D eigenvalue weighted by Crippen LogP contribution is -2.30. The van der Waals surface area contributed by atoms with E-state index in [4.69, 9.17) is 14.2 Å². The molecule has 0 aromatic heterocycles. The number of unbranched alkanes of at least 4 members (excludes halogenated alkanes) is 36. The van der Waals surface area contributed by atoms with Gasteiger partial charge >= 0.3 is 17.9 Å². The number of ether oxygens (including phenoxy) is 3. The van der Waals surface area contributed by atoms with Crippen molar-refractivity contribution in [3.05, 3.63) is 36.5 Å². The molecule has 0 saturated heterocycles. The minimum absolute atomic E-state index is 0.0717. The highest BCUT2D eigenvalue weighted by Crippen LogP contribution is 2.16. The van der Waals surface area contributed by atoms with Gasteiger partial charge in [0.25, 0.3) is 0 Å². The van der Waals surface area contributed by atoms with E-state index in [0.29, 0.717) is 19.3 Å². The summed E-state index contributed by atoms with van der Waals surface area (Å²) in [6.07, 6.45) is 65.6. The molecule has 0 amide bonds. The average Bonchev–Trinajstić information content (AvgIpc) is 3.31. The van der Waals surface area contributed by atoms with E-state index in [1.54, 1.807) is 0 Å². The number of hydrogen-bond acceptors (Lipinski definition) is 6. The van der Waals surface area contributed by atoms with Crippen molar-refractivity contribution < 1.29 is 28.6 Å². The van der Waals surface area contributed by atoms with Crippen LogP contribution in [0.4, 0.5) is 0 Å². The first-order chi connectivity index (χ1) is 32.5. The molecule has 0 heterocycles. The molecule has 0 fully saturated rings. The van der Waals surface area contributed by atoms with Crippen LogP contribution in [0.3, 0.4) is 0 Å². The summed E-state index contributed by atoms with van der Waals surface area (Å²) in [7, 11) is 0. The first-order valence-electron chi connectivity index (χ1n) is 29.0. The number of allylic oxidation sites excluding steroid dienone is 6. The summed E-state index contributed by atoms with van der Waals surface area (Å²) in [5, 5.41) is 0. The van der Waals surface area contributed by atoms with Gasteiger partial charge in [-0.1, -0.05) is 250 Å². The van der Waals surface area contributed by atoms with Crippen molar-refractivity contribution in [3.8, 4) is 0 Å². The van der Waals surface area contributed by atoms with Crippen LogP contribution in [-0.2, 0) is 28.6 Å². The normalized spacial score (nSPS) is 12.2. The summed E-state index contributed by atoms with van der Waals surface area (Å²) >= 11 is 0. The molecule has 0 aliphatic heterocycles. The van der Waals surface area contributed by atoms with Crippen LogP contribution in [-0.4, -0.2) is 37.2 Å². The number of esters is 3. The van der Waals surface area contributed by atoms with Crippen molar-refractivity contribution in [2.45, 2.75) is 316 Å². The third kappa shape index (κ3) is 52.6. The van der Waals surface area contributed by atoms with Crippen LogP contribution in [0.2, 0.25) is 0 Å². The fourth-order valence-electron chi connectivity index (χ4n) is 8.47. The lowest BCUT2D eigenvalue weighted by Gasteiger charge is -2.18. The number of hydrogen-bond donors (Lipinski definition) is 0. The highest BCUT2D eigenvalue weighted by atomic mass is 16.6. The maximum atomic E-state index is 12.8. The second kappa shape index (κ2) is 55.2. The van der Waals surface area contributed by atoms with Crippen LogP contribution in [0.15, 0.2) is 36.5 Å². The largest absolute Gasteiger partial charge is 0.462 e. The zero-order chi connectivity index (χ0) is 47.9. The van der Waals surface area contributed by atoms with Crippen molar-refractivity contribution in [2.24, 2.45) is 0 Å². The van der Waals surface area contributed by atoms with Gasteiger partial charge in [-0.15, -0.1) is 0 Å². The summed E-state index contributed by atoms with van der Waals surface area (Å²) in [4.78, 5) is 38.1. The van der Waals surface area contributed by atoms with Gasteiger partial charge in [0.15, 0.2) is 6.10 Å². The molecule has 0 spiro atoms. The molecule has 0 aliphatic rings. The van der Waals surface area contributed by atoms with Crippen LogP contribution in [0.25, 0.3) is 0 Å². The molecule has 0 radical (unpaired) electrons. The smallest absolute Gasteiger partial charge is 0.306 e. The summed E-state index contributed by atoms with van der Waals surface area (Å²) < 4.78 is 16.9. The SMILES string of the molecule is CCCCC/C=C\C/C=C\CCCCCCCCCCCC(=O)OCC(COC(=O)CCCCCCCCCCCCC)OC(=O)CCCCCCCCC/C=C\CCCCCCCCC. The van der Waals surface area contributed by atoms with Crippen molar-refractivity contribution in [3.63, 3.8) is 0 Å². The van der Waals surface area contributed by atoms with Crippen LogP contribution < -0.4 is 0 Å². The standard InChI is InChI=1S/C60H110O6/c1-4-7-10-13-16-19-22-24-26-28-30-32-33-35-38-41-44-47-50-53-59(62)65-56-57(55-64-58(61)52-49-46-43-40-37-21-18-15-12-9-6-3)66-60(63)54-51-48-45-42-39-36-34-31-29-27-25-23-20-17-14-11-8-5-2/h16,19,24,26-27,29,57H,4-15,17-18,20-23,25,28,30-56H2,1-3H3/b19-16-,26-24-,29-27-. The second-order valence-corrected chi connectivity index (χ2v) is 19.6. The molecule has 386 valence electrons. The topological polar surface area (TPSA) is 78.9 Å². The Morgan fingerprint density at radius 2 is 0.545 bits per heavy atom. The van der Waals surface area contributed by atoms with Gasteiger partial charge in [-0.05, 0) is 77.0 Å². The van der Waals surface area contributed by atoms with E-state index in [0.717, 1.165) is 64.2 Å². The number of rotatable bonds is 53. The monoisotopic (exact) mass is 927 g/mol. The molecular weight excluding hydrogens is 817 g/mol. The van der Waals surface area contributed by atoms with Crippen molar-refractivity contribution in [1.82, 2.24) is 0 Å². The van der Waals surface area contributed by atoms with Crippen LogP contribution >= 0.6 is 0 Å². The molecule has 6 heteroatoms. The Morgan fingerprint density at radius 3 is 0.879 bits per heavy atom. The van der Waals surface area contributed by atoms with E-state index >= 15 is 0 Å². The molecule has 66 heavy (non-hydrogen) atoms. The Morgan fingerprint density at radius 1 is 0.303 bits per heavy atom. The van der Waals surface area contributed by atoms with Crippen LogP contribution in [0, 0.1) is 0 Å². The molecule has 0 saturated carbocycles. The number of carbonyl (C=O) groups excluding carboxylic acids is 3. The van der Waals surface area contributed by atoms with E-state index in [1.165, 1.54) is 205 Å². The fourth-order valence-corrected chi connectivity index (χ4v) is 8.47. The quantitative estimate of drug-likeness (QED) is 0.0262. The van der Waals surface area contributed by atoms with Crippen molar-refractivity contribution in [1.29, 1.82) is 0 Å². The Bertz CT molecular complexity index is 1110. The van der Waals surface area contributed by atoms with E-state index in [1.807, 2.05) is 0 Å². The highest BCUT2D eigenvalue weighted by Gasteiger charge is 2.19. The molecule has 1 unspecified atom stereocenters. The zero-order valence-corrected chi connectivity index (χ0v) is 44.2. The molecular formula is C60H110O6. The molecule has 0 N–H and O–H groups in total. The summed E-state index contributed by atoms with van der Waals surface area (Å²) in [6, 6.07) is 0. The van der Waals surface area contributed by atoms with Gasteiger partial charge in [0.2, 0.25) is 0 Å². The summed E-state index contributed by atoms with van der Waals surface area (Å²) in [5.74, 6) is -0.865. The molecule has 0 aromatic rings. The Balaban J connectivity index is 4.31. The molecule has 0 bridgehead atoms. The summed E-state index contributed by atoms with van der Waals surface area (Å²) in [5.41, 5.74) is 0. The predicted octanol–water partition coefficient (Wildman–Crippen LogP) is 19.3. The zero-order valence-electron chi connectivity index (χ0n) is 44.2. The third-order valence-corrected chi connectivity index (χ3v) is 12.9. The second-order valence-electron chi connectivity index (χ2n) is 19.6. The lowest BCUT2D eigenvalue weighted by atomic mass is 10.1. The van der Waals surface area contributed by atoms with Gasteiger partial charge in [-0.2, -0.15) is 0 Å². The first-order valence-corrected chi connectivity index (χ1v) is 29.0. The highest BCUT2D eigenvalue weighted by molar-refractivity contribution is 5.71. The Hall–Kier alpha value is -2.37. The van der Waals surface area contributed by atoms with Crippen LogP contribution in [0.1, 0.15) is 310 Å². The fraction of sp³-hybridized carbons (Fsp3) is 0.850. The van der Waals surface area contributed by atoms with Gasteiger partial charge < -0.3 is 14.2 Å².